The Morgan fingerprint density at radius 2 is 1.32 bits per heavy atom. The molecule has 7 heteroatoms. The van der Waals surface area contributed by atoms with E-state index in [1.807, 2.05) is 26.8 Å². The lowest BCUT2D eigenvalue weighted by Crippen LogP contribution is -2.62. The van der Waals surface area contributed by atoms with Crippen LogP contribution in [0.15, 0.2) is 72.8 Å². The molecule has 37 heavy (non-hydrogen) atoms. The number of nitrogens with zero attached hydrogens (tertiary/aromatic N) is 2. The summed E-state index contributed by atoms with van der Waals surface area (Å²) in [5, 5.41) is 1.64. The van der Waals surface area contributed by atoms with Crippen molar-refractivity contribution in [3.8, 4) is 5.75 Å². The van der Waals surface area contributed by atoms with E-state index in [4.69, 9.17) is 4.74 Å². The quantitative estimate of drug-likeness (QED) is 0.210. The van der Waals surface area contributed by atoms with Gasteiger partial charge < -0.3 is 4.74 Å². The number of hydrogen-bond donors (Lipinski definition) is 0. The van der Waals surface area contributed by atoms with E-state index < -0.39 is 29.2 Å². The second kappa shape index (κ2) is 11.2. The molecule has 0 radical (unpaired) electrons. The van der Waals surface area contributed by atoms with E-state index >= 15 is 0 Å². The second-order valence-electron chi connectivity index (χ2n) is 9.84. The minimum absolute atomic E-state index is 0.142. The summed E-state index contributed by atoms with van der Waals surface area (Å²) in [4.78, 5) is 54.3. The Morgan fingerprint density at radius 1 is 0.757 bits per heavy atom. The van der Waals surface area contributed by atoms with Crippen molar-refractivity contribution in [2.45, 2.75) is 53.5 Å². The van der Waals surface area contributed by atoms with Crippen LogP contribution in [0.4, 0.5) is 0 Å². The Hall–Kier alpha value is -4.26. The van der Waals surface area contributed by atoms with E-state index in [1.54, 1.807) is 75.4 Å². The summed E-state index contributed by atoms with van der Waals surface area (Å²) < 4.78 is 5.25. The molecule has 7 nitrogen and oxygen atoms in total. The number of hydrazine groups is 1. The summed E-state index contributed by atoms with van der Waals surface area (Å²) in [6.07, 6.45) is 0.764. The highest BCUT2D eigenvalue weighted by Crippen LogP contribution is 2.24. The lowest BCUT2D eigenvalue weighted by atomic mass is 10.0. The molecule has 0 unspecified atom stereocenters. The predicted molar refractivity (Wildman–Crippen MR) is 141 cm³/mol. The topological polar surface area (TPSA) is 84.0 Å². The van der Waals surface area contributed by atoms with Crippen molar-refractivity contribution >= 4 is 23.7 Å². The number of rotatable bonds is 4. The van der Waals surface area contributed by atoms with E-state index in [0.29, 0.717) is 5.01 Å². The number of carbonyl (C=O) groups excluding carboxylic acids is 4. The SMILES string of the molecule is CCc1ccc(C(=O)N(C(=O)C(=O)Oc2ccccc2)N(C(=O)c2cc(C)cc(C)c2)C(C)(C)C)cc1. The number of hydrogen-bond acceptors (Lipinski definition) is 5. The van der Waals surface area contributed by atoms with Crippen molar-refractivity contribution < 1.29 is 23.9 Å². The molecule has 0 aliphatic rings. The van der Waals surface area contributed by atoms with Gasteiger partial charge in [-0.3, -0.25) is 14.4 Å². The zero-order valence-electron chi connectivity index (χ0n) is 22.1. The predicted octanol–water partition coefficient (Wildman–Crippen LogP) is 5.30. The zero-order chi connectivity index (χ0) is 27.3. The number of ether oxygens (including phenoxy) is 1. The van der Waals surface area contributed by atoms with Gasteiger partial charge in [0.15, 0.2) is 0 Å². The molecule has 0 aliphatic carbocycles. The largest absolute Gasteiger partial charge is 0.419 e. The average Bonchev–Trinajstić information content (AvgIpc) is 2.85. The zero-order valence-corrected chi connectivity index (χ0v) is 22.1. The molecule has 0 N–H and O–H groups in total. The lowest BCUT2D eigenvalue weighted by molar-refractivity contribution is -0.161. The molecular formula is C30H32N2O5. The molecule has 0 aliphatic heterocycles. The van der Waals surface area contributed by atoms with Gasteiger partial charge in [0.2, 0.25) is 0 Å². The fourth-order valence-electron chi connectivity index (χ4n) is 3.92. The molecule has 0 saturated heterocycles. The van der Waals surface area contributed by atoms with E-state index in [9.17, 15) is 19.2 Å². The first-order valence-electron chi connectivity index (χ1n) is 12.1. The molecule has 0 aromatic heterocycles. The summed E-state index contributed by atoms with van der Waals surface area (Å²) in [5.41, 5.74) is 2.07. The third-order valence-electron chi connectivity index (χ3n) is 5.62. The standard InChI is InChI=1S/C30H32N2O5/c1-7-22-13-15-23(16-14-22)26(33)31(28(35)29(36)37-25-11-9-8-10-12-25)32(30(4,5)6)27(34)24-18-20(2)17-21(3)19-24/h8-19H,7H2,1-6H3. The maximum absolute atomic E-state index is 13.9. The van der Waals surface area contributed by atoms with Crippen molar-refractivity contribution in [2.75, 3.05) is 0 Å². The van der Waals surface area contributed by atoms with Crippen LogP contribution >= 0.6 is 0 Å². The Labute approximate surface area is 217 Å². The highest BCUT2D eigenvalue weighted by Gasteiger charge is 2.43. The molecule has 3 aromatic rings. The van der Waals surface area contributed by atoms with E-state index in [0.717, 1.165) is 28.1 Å². The van der Waals surface area contributed by atoms with Gasteiger partial charge in [0.1, 0.15) is 5.75 Å². The molecule has 3 amide bonds. The summed E-state index contributed by atoms with van der Waals surface area (Å²) >= 11 is 0. The molecule has 0 fully saturated rings. The summed E-state index contributed by atoms with van der Waals surface area (Å²) in [6, 6.07) is 20.0. The van der Waals surface area contributed by atoms with Crippen molar-refractivity contribution in [3.05, 3.63) is 101 Å². The molecule has 3 rings (SSSR count). The number of aryl methyl sites for hydroxylation is 3. The van der Waals surface area contributed by atoms with Gasteiger partial charge in [-0.1, -0.05) is 54.4 Å². The number of benzene rings is 3. The maximum Gasteiger partial charge on any atom is 0.404 e. The van der Waals surface area contributed by atoms with Crippen LogP contribution in [0.1, 0.15) is 65.1 Å². The van der Waals surface area contributed by atoms with Crippen molar-refractivity contribution in [3.63, 3.8) is 0 Å². The second-order valence-corrected chi connectivity index (χ2v) is 9.84. The summed E-state index contributed by atoms with van der Waals surface area (Å²) in [6.45, 7) is 10.7. The van der Waals surface area contributed by atoms with Gasteiger partial charge in [0.05, 0.1) is 5.54 Å². The number of para-hydroxylation sites is 1. The lowest BCUT2D eigenvalue weighted by Gasteiger charge is -2.41. The smallest absolute Gasteiger partial charge is 0.404 e. The molecule has 0 spiro atoms. The number of carbonyl (C=O) groups is 4. The number of esters is 1. The van der Waals surface area contributed by atoms with Crippen LogP contribution < -0.4 is 4.74 Å². The van der Waals surface area contributed by atoms with Crippen molar-refractivity contribution in [1.82, 2.24) is 10.0 Å². The van der Waals surface area contributed by atoms with E-state index in [1.165, 1.54) is 12.1 Å². The fraction of sp³-hybridized carbons (Fsp3) is 0.267. The Kier molecular flexibility index (Phi) is 8.28. The molecule has 0 bridgehead atoms. The van der Waals surface area contributed by atoms with Crippen molar-refractivity contribution in [1.29, 1.82) is 0 Å². The molecule has 3 aromatic carbocycles. The first kappa shape index (κ1) is 27.3. The highest BCUT2D eigenvalue weighted by molar-refractivity contribution is 6.36. The average molecular weight is 501 g/mol. The summed E-state index contributed by atoms with van der Waals surface area (Å²) in [7, 11) is 0. The molecule has 0 atom stereocenters. The minimum atomic E-state index is -1.28. The van der Waals surface area contributed by atoms with E-state index in [-0.39, 0.29) is 16.9 Å². The normalized spacial score (nSPS) is 11.0. The Balaban J connectivity index is 2.12. The van der Waals surface area contributed by atoms with Gasteiger partial charge in [-0.25, -0.2) is 9.80 Å². The highest BCUT2D eigenvalue weighted by atomic mass is 16.5. The molecular weight excluding hydrogens is 468 g/mol. The van der Waals surface area contributed by atoms with Gasteiger partial charge >= 0.3 is 11.9 Å². The Bertz CT molecular complexity index is 1290. The Morgan fingerprint density at radius 3 is 1.84 bits per heavy atom. The van der Waals surface area contributed by atoms with Gasteiger partial charge in [-0.05, 0) is 83.0 Å². The molecule has 192 valence electrons. The van der Waals surface area contributed by atoms with E-state index in [2.05, 4.69) is 0 Å². The van der Waals surface area contributed by atoms with Crippen molar-refractivity contribution in [2.24, 2.45) is 0 Å². The van der Waals surface area contributed by atoms with Gasteiger partial charge in [0.25, 0.3) is 11.8 Å². The first-order chi connectivity index (χ1) is 17.4. The molecule has 0 heterocycles. The van der Waals surface area contributed by atoms with Crippen LogP contribution in [0.5, 0.6) is 5.75 Å². The van der Waals surface area contributed by atoms with Gasteiger partial charge in [-0.2, -0.15) is 5.01 Å². The maximum atomic E-state index is 13.9. The van der Waals surface area contributed by atoms with Gasteiger partial charge in [-0.15, -0.1) is 0 Å². The third-order valence-corrected chi connectivity index (χ3v) is 5.62. The fourth-order valence-corrected chi connectivity index (χ4v) is 3.92. The third kappa shape index (κ3) is 6.50. The van der Waals surface area contributed by atoms with Crippen LogP contribution in [0.25, 0.3) is 0 Å². The minimum Gasteiger partial charge on any atom is -0.419 e. The molecule has 0 saturated carbocycles. The number of imide groups is 1. The van der Waals surface area contributed by atoms with Gasteiger partial charge in [0, 0.05) is 11.1 Å². The van der Waals surface area contributed by atoms with Crippen LogP contribution in [0.2, 0.25) is 0 Å². The van der Waals surface area contributed by atoms with Crippen LogP contribution in [-0.4, -0.2) is 39.2 Å². The monoisotopic (exact) mass is 500 g/mol. The first-order valence-corrected chi connectivity index (χ1v) is 12.1. The summed E-state index contributed by atoms with van der Waals surface area (Å²) in [5.74, 6) is -3.83. The number of amides is 3. The van der Waals surface area contributed by atoms with Crippen LogP contribution in [0, 0.1) is 13.8 Å². The van der Waals surface area contributed by atoms with Crippen LogP contribution in [-0.2, 0) is 16.0 Å². The van der Waals surface area contributed by atoms with Crippen LogP contribution in [0.3, 0.4) is 0 Å².